The lowest BCUT2D eigenvalue weighted by Gasteiger charge is -2.11. The van der Waals surface area contributed by atoms with Crippen LogP contribution in [-0.2, 0) is 11.3 Å². The largest absolute Gasteiger partial charge is 0.493 e. The Balaban J connectivity index is 2.51. The van der Waals surface area contributed by atoms with Gasteiger partial charge in [0.1, 0.15) is 11.6 Å². The highest BCUT2D eigenvalue weighted by Gasteiger charge is 2.03. The second-order valence-corrected chi connectivity index (χ2v) is 4.53. The highest BCUT2D eigenvalue weighted by Crippen LogP contribution is 2.16. The topological polar surface area (TPSA) is 30.5 Å². The van der Waals surface area contributed by atoms with Gasteiger partial charge in [0.15, 0.2) is 0 Å². The molecule has 0 aliphatic rings. The van der Waals surface area contributed by atoms with Crippen molar-refractivity contribution in [1.29, 1.82) is 0 Å². The third-order valence-electron chi connectivity index (χ3n) is 2.41. The first-order valence-corrected chi connectivity index (χ1v) is 6.26. The molecule has 0 heterocycles. The summed E-state index contributed by atoms with van der Waals surface area (Å²) >= 11 is 0. The van der Waals surface area contributed by atoms with Gasteiger partial charge in [-0.2, -0.15) is 0 Å². The van der Waals surface area contributed by atoms with Crippen LogP contribution in [0.25, 0.3) is 0 Å². The van der Waals surface area contributed by atoms with Gasteiger partial charge in [-0.25, -0.2) is 4.39 Å². The van der Waals surface area contributed by atoms with Crippen molar-refractivity contribution in [1.82, 2.24) is 5.32 Å². The molecule has 0 bridgehead atoms. The zero-order valence-corrected chi connectivity index (χ0v) is 11.3. The van der Waals surface area contributed by atoms with Crippen LogP contribution in [0.5, 0.6) is 5.75 Å². The van der Waals surface area contributed by atoms with Crippen LogP contribution >= 0.6 is 0 Å². The van der Waals surface area contributed by atoms with Crippen molar-refractivity contribution >= 4 is 0 Å². The van der Waals surface area contributed by atoms with Crippen LogP contribution in [0.3, 0.4) is 0 Å². The Morgan fingerprint density at radius 1 is 1.22 bits per heavy atom. The van der Waals surface area contributed by atoms with Crippen molar-refractivity contribution < 1.29 is 13.9 Å². The Hall–Kier alpha value is -1.13. The monoisotopic (exact) mass is 255 g/mol. The number of hydrogen-bond donors (Lipinski definition) is 1. The van der Waals surface area contributed by atoms with E-state index in [9.17, 15) is 4.39 Å². The van der Waals surface area contributed by atoms with Crippen LogP contribution in [-0.4, -0.2) is 26.4 Å². The predicted molar refractivity (Wildman–Crippen MR) is 70.4 cm³/mol. The standard InChI is InChI=1S/C14H22FNO2/c1-11(2)16-10-12-7-13(15)9-14(8-12)18-6-4-5-17-3/h7-9,11,16H,4-6,10H2,1-3H3. The van der Waals surface area contributed by atoms with Gasteiger partial charge in [-0.3, -0.25) is 0 Å². The van der Waals surface area contributed by atoms with Crippen LogP contribution < -0.4 is 10.1 Å². The zero-order valence-electron chi connectivity index (χ0n) is 11.3. The minimum atomic E-state index is -0.264. The van der Waals surface area contributed by atoms with Gasteiger partial charge in [0, 0.05) is 38.8 Å². The second kappa shape index (κ2) is 8.06. The molecule has 1 rings (SSSR count). The van der Waals surface area contributed by atoms with E-state index in [1.807, 2.05) is 6.07 Å². The smallest absolute Gasteiger partial charge is 0.127 e. The lowest BCUT2D eigenvalue weighted by atomic mass is 10.2. The second-order valence-electron chi connectivity index (χ2n) is 4.53. The molecule has 0 radical (unpaired) electrons. The fourth-order valence-corrected chi connectivity index (χ4v) is 1.52. The fraction of sp³-hybridized carbons (Fsp3) is 0.571. The molecule has 0 saturated heterocycles. The number of benzene rings is 1. The van der Waals surface area contributed by atoms with E-state index in [4.69, 9.17) is 9.47 Å². The third kappa shape index (κ3) is 5.98. The number of methoxy groups -OCH3 is 1. The van der Waals surface area contributed by atoms with E-state index in [1.54, 1.807) is 7.11 Å². The molecule has 0 unspecified atom stereocenters. The number of hydrogen-bond acceptors (Lipinski definition) is 3. The molecule has 0 aliphatic heterocycles. The highest BCUT2D eigenvalue weighted by atomic mass is 19.1. The molecule has 0 aliphatic carbocycles. The SMILES string of the molecule is COCCCOc1cc(F)cc(CNC(C)C)c1. The molecular formula is C14H22FNO2. The van der Waals surface area contributed by atoms with E-state index in [1.165, 1.54) is 12.1 Å². The van der Waals surface area contributed by atoms with Gasteiger partial charge >= 0.3 is 0 Å². The number of rotatable bonds is 8. The summed E-state index contributed by atoms with van der Waals surface area (Å²) in [5.41, 5.74) is 0.894. The summed E-state index contributed by atoms with van der Waals surface area (Å²) in [6.07, 6.45) is 0.798. The van der Waals surface area contributed by atoms with Crippen molar-refractivity contribution in [3.63, 3.8) is 0 Å². The highest BCUT2D eigenvalue weighted by molar-refractivity contribution is 5.29. The molecule has 18 heavy (non-hydrogen) atoms. The quantitative estimate of drug-likeness (QED) is 0.725. The normalized spacial score (nSPS) is 10.9. The minimum Gasteiger partial charge on any atom is -0.493 e. The first-order valence-electron chi connectivity index (χ1n) is 6.26. The molecule has 4 heteroatoms. The molecular weight excluding hydrogens is 233 g/mol. The van der Waals surface area contributed by atoms with Gasteiger partial charge in [-0.15, -0.1) is 0 Å². The van der Waals surface area contributed by atoms with Crippen LogP contribution in [0, 0.1) is 5.82 Å². The summed E-state index contributed by atoms with van der Waals surface area (Å²) in [6, 6.07) is 5.17. The predicted octanol–water partition coefficient (Wildman–Crippen LogP) is 2.74. The molecule has 0 fully saturated rings. The first kappa shape index (κ1) is 14.9. The minimum absolute atomic E-state index is 0.264. The summed E-state index contributed by atoms with van der Waals surface area (Å²) in [7, 11) is 1.65. The van der Waals surface area contributed by atoms with E-state index in [0.717, 1.165) is 12.0 Å². The lowest BCUT2D eigenvalue weighted by molar-refractivity contribution is 0.172. The Labute approximate surface area is 108 Å². The average molecular weight is 255 g/mol. The van der Waals surface area contributed by atoms with E-state index >= 15 is 0 Å². The third-order valence-corrected chi connectivity index (χ3v) is 2.41. The maximum Gasteiger partial charge on any atom is 0.127 e. The Morgan fingerprint density at radius 3 is 2.67 bits per heavy atom. The Bertz CT molecular complexity index is 356. The molecule has 1 aromatic carbocycles. The van der Waals surface area contributed by atoms with Gasteiger partial charge in [0.2, 0.25) is 0 Å². The Kier molecular flexibility index (Phi) is 6.68. The summed E-state index contributed by atoms with van der Waals surface area (Å²) in [5, 5.41) is 3.25. The molecule has 3 nitrogen and oxygen atoms in total. The van der Waals surface area contributed by atoms with Gasteiger partial charge in [-0.05, 0) is 17.7 Å². The molecule has 0 aromatic heterocycles. The van der Waals surface area contributed by atoms with Gasteiger partial charge in [0.25, 0.3) is 0 Å². The maximum absolute atomic E-state index is 13.4. The van der Waals surface area contributed by atoms with Crippen LogP contribution in [0.2, 0.25) is 0 Å². The summed E-state index contributed by atoms with van der Waals surface area (Å²) in [5.74, 6) is 0.312. The molecule has 0 saturated carbocycles. The Morgan fingerprint density at radius 2 is 2.00 bits per heavy atom. The van der Waals surface area contributed by atoms with E-state index < -0.39 is 0 Å². The number of halogens is 1. The van der Waals surface area contributed by atoms with Gasteiger partial charge in [0.05, 0.1) is 6.61 Å². The van der Waals surface area contributed by atoms with E-state index in [-0.39, 0.29) is 5.82 Å². The van der Waals surface area contributed by atoms with Crippen molar-refractivity contribution in [3.8, 4) is 5.75 Å². The zero-order chi connectivity index (χ0) is 13.4. The average Bonchev–Trinajstić information content (AvgIpc) is 2.32. The van der Waals surface area contributed by atoms with Crippen LogP contribution in [0.15, 0.2) is 18.2 Å². The summed E-state index contributed by atoms with van der Waals surface area (Å²) < 4.78 is 23.8. The maximum atomic E-state index is 13.4. The first-order chi connectivity index (χ1) is 8.61. The lowest BCUT2D eigenvalue weighted by Crippen LogP contribution is -2.21. The van der Waals surface area contributed by atoms with Crippen molar-refractivity contribution in [3.05, 3.63) is 29.6 Å². The molecule has 102 valence electrons. The number of ether oxygens (including phenoxy) is 2. The van der Waals surface area contributed by atoms with Gasteiger partial charge in [-0.1, -0.05) is 13.8 Å². The molecule has 1 aromatic rings. The molecule has 0 amide bonds. The van der Waals surface area contributed by atoms with E-state index in [2.05, 4.69) is 19.2 Å². The number of nitrogens with one attached hydrogen (secondary N) is 1. The van der Waals surface area contributed by atoms with Gasteiger partial charge < -0.3 is 14.8 Å². The van der Waals surface area contributed by atoms with Crippen LogP contribution in [0.4, 0.5) is 4.39 Å². The summed E-state index contributed by atoms with van der Waals surface area (Å²) in [6.45, 7) is 5.94. The molecule has 0 atom stereocenters. The summed E-state index contributed by atoms with van der Waals surface area (Å²) in [4.78, 5) is 0. The molecule has 0 spiro atoms. The van der Waals surface area contributed by atoms with E-state index in [0.29, 0.717) is 31.5 Å². The molecule has 1 N–H and O–H groups in total. The van der Waals surface area contributed by atoms with Crippen molar-refractivity contribution in [2.24, 2.45) is 0 Å². The van der Waals surface area contributed by atoms with Crippen LogP contribution in [0.1, 0.15) is 25.8 Å². The fourth-order valence-electron chi connectivity index (χ4n) is 1.52. The van der Waals surface area contributed by atoms with Crippen molar-refractivity contribution in [2.45, 2.75) is 32.9 Å². The van der Waals surface area contributed by atoms with Crippen molar-refractivity contribution in [2.75, 3.05) is 20.3 Å².